The zero-order chi connectivity index (χ0) is 21.2. The summed E-state index contributed by atoms with van der Waals surface area (Å²) < 4.78 is 21.8. The van der Waals surface area contributed by atoms with Crippen LogP contribution in [-0.4, -0.2) is 31.3 Å². The summed E-state index contributed by atoms with van der Waals surface area (Å²) >= 11 is 0. The van der Waals surface area contributed by atoms with E-state index in [1.807, 2.05) is 49.4 Å². The van der Waals surface area contributed by atoms with Crippen molar-refractivity contribution in [3.63, 3.8) is 0 Å². The molecule has 0 unspecified atom stereocenters. The van der Waals surface area contributed by atoms with Crippen LogP contribution in [0.15, 0.2) is 67.0 Å². The topological polar surface area (TPSA) is 66.9 Å². The first-order valence-corrected chi connectivity index (χ1v) is 9.51. The number of benzene rings is 2. The van der Waals surface area contributed by atoms with Crippen LogP contribution in [0.3, 0.4) is 0 Å². The summed E-state index contributed by atoms with van der Waals surface area (Å²) in [5.74, 6) is 1.30. The lowest BCUT2D eigenvalue weighted by Gasteiger charge is -2.13. The number of para-hydroxylation sites is 2. The highest BCUT2D eigenvalue weighted by Crippen LogP contribution is 2.30. The van der Waals surface area contributed by atoms with Crippen LogP contribution in [0.5, 0.6) is 23.0 Å². The van der Waals surface area contributed by atoms with Crippen LogP contribution >= 0.6 is 0 Å². The van der Waals surface area contributed by atoms with E-state index in [-0.39, 0.29) is 6.61 Å². The van der Waals surface area contributed by atoms with Crippen molar-refractivity contribution in [1.82, 2.24) is 4.98 Å². The first-order chi connectivity index (χ1) is 14.7. The summed E-state index contributed by atoms with van der Waals surface area (Å²) in [7, 11) is 1.54. The predicted molar refractivity (Wildman–Crippen MR) is 115 cm³/mol. The molecule has 1 aromatic heterocycles. The summed E-state index contributed by atoms with van der Waals surface area (Å²) in [4.78, 5) is 16.3. The molecule has 0 aliphatic rings. The molecule has 6 nitrogen and oxygen atoms in total. The SMILES string of the molecule is CCOc1cc(/C=C/c2ccncc2)ccc1OC(=O)COc1ccccc1OC. The molecule has 3 aromatic rings. The number of esters is 1. The van der Waals surface area contributed by atoms with Crippen LogP contribution in [0.1, 0.15) is 18.1 Å². The highest BCUT2D eigenvalue weighted by atomic mass is 16.6. The van der Waals surface area contributed by atoms with Gasteiger partial charge in [0.2, 0.25) is 0 Å². The fraction of sp³-hybridized carbons (Fsp3) is 0.167. The maximum atomic E-state index is 12.3. The van der Waals surface area contributed by atoms with Crippen LogP contribution in [-0.2, 0) is 4.79 Å². The highest BCUT2D eigenvalue weighted by Gasteiger charge is 2.13. The Hall–Kier alpha value is -3.80. The number of ether oxygens (including phenoxy) is 4. The second-order valence-electron chi connectivity index (χ2n) is 6.17. The van der Waals surface area contributed by atoms with Crippen LogP contribution in [0.4, 0.5) is 0 Å². The molecule has 3 rings (SSSR count). The van der Waals surface area contributed by atoms with Crippen LogP contribution in [0.25, 0.3) is 12.2 Å². The third-order valence-electron chi connectivity index (χ3n) is 4.08. The number of aromatic nitrogens is 1. The van der Waals surface area contributed by atoms with Gasteiger partial charge in [-0.05, 0) is 54.4 Å². The van der Waals surface area contributed by atoms with E-state index in [1.54, 1.807) is 43.8 Å². The van der Waals surface area contributed by atoms with Crippen molar-refractivity contribution in [3.05, 3.63) is 78.1 Å². The van der Waals surface area contributed by atoms with E-state index >= 15 is 0 Å². The molecule has 0 saturated carbocycles. The minimum atomic E-state index is -0.540. The fourth-order valence-corrected chi connectivity index (χ4v) is 2.67. The van der Waals surface area contributed by atoms with Gasteiger partial charge in [0.1, 0.15) is 0 Å². The molecule has 0 N–H and O–H groups in total. The zero-order valence-electron chi connectivity index (χ0n) is 16.9. The molecule has 0 saturated heterocycles. The van der Waals surface area contributed by atoms with E-state index in [2.05, 4.69) is 4.98 Å². The molecule has 154 valence electrons. The Kier molecular flexibility index (Phi) is 7.44. The Morgan fingerprint density at radius 1 is 0.867 bits per heavy atom. The molecule has 0 spiro atoms. The normalized spacial score (nSPS) is 10.6. The number of nitrogens with zero attached hydrogens (tertiary/aromatic N) is 1. The predicted octanol–water partition coefficient (Wildman–Crippen LogP) is 4.64. The van der Waals surface area contributed by atoms with E-state index in [0.717, 1.165) is 11.1 Å². The van der Waals surface area contributed by atoms with Gasteiger partial charge in [-0.25, -0.2) is 4.79 Å². The average molecular weight is 405 g/mol. The number of methoxy groups -OCH3 is 1. The Morgan fingerprint density at radius 2 is 1.60 bits per heavy atom. The van der Waals surface area contributed by atoms with Gasteiger partial charge in [-0.3, -0.25) is 4.98 Å². The van der Waals surface area contributed by atoms with Crippen LogP contribution in [0, 0.1) is 0 Å². The van der Waals surface area contributed by atoms with E-state index in [0.29, 0.717) is 29.6 Å². The molecular formula is C24H23NO5. The Bertz CT molecular complexity index is 1000. The van der Waals surface area contributed by atoms with Gasteiger partial charge in [-0.15, -0.1) is 0 Å². The van der Waals surface area contributed by atoms with E-state index in [4.69, 9.17) is 18.9 Å². The molecule has 0 amide bonds. The molecule has 0 fully saturated rings. The van der Waals surface area contributed by atoms with Gasteiger partial charge in [-0.2, -0.15) is 0 Å². The number of hydrogen-bond donors (Lipinski definition) is 0. The van der Waals surface area contributed by atoms with Gasteiger partial charge < -0.3 is 18.9 Å². The maximum absolute atomic E-state index is 12.3. The van der Waals surface area contributed by atoms with E-state index < -0.39 is 5.97 Å². The van der Waals surface area contributed by atoms with Crippen molar-refractivity contribution in [2.75, 3.05) is 20.3 Å². The molecule has 0 bridgehead atoms. The van der Waals surface area contributed by atoms with Crippen molar-refractivity contribution >= 4 is 18.1 Å². The van der Waals surface area contributed by atoms with Crippen molar-refractivity contribution in [1.29, 1.82) is 0 Å². The third-order valence-corrected chi connectivity index (χ3v) is 4.08. The van der Waals surface area contributed by atoms with E-state index in [1.165, 1.54) is 0 Å². The molecule has 0 atom stereocenters. The molecule has 30 heavy (non-hydrogen) atoms. The van der Waals surface area contributed by atoms with E-state index in [9.17, 15) is 4.79 Å². The Balaban J connectivity index is 1.67. The first-order valence-electron chi connectivity index (χ1n) is 9.51. The number of pyridine rings is 1. The van der Waals surface area contributed by atoms with Gasteiger partial charge in [0.15, 0.2) is 29.6 Å². The largest absolute Gasteiger partial charge is 0.493 e. The first kappa shape index (κ1) is 20.9. The minimum absolute atomic E-state index is 0.254. The molecule has 2 aromatic carbocycles. The molecular weight excluding hydrogens is 382 g/mol. The Labute approximate surface area is 175 Å². The summed E-state index contributed by atoms with van der Waals surface area (Å²) in [6.07, 6.45) is 7.40. The summed E-state index contributed by atoms with van der Waals surface area (Å²) in [6.45, 7) is 2.06. The number of rotatable bonds is 9. The standard InChI is InChI=1S/C24H23NO5/c1-3-28-23-16-19(9-8-18-12-14-25-15-13-18)10-11-22(23)30-24(26)17-29-21-7-5-4-6-20(21)27-2/h4-16H,3,17H2,1-2H3/b9-8+. The third kappa shape index (κ3) is 5.85. The zero-order valence-corrected chi connectivity index (χ0v) is 16.9. The molecule has 1 heterocycles. The number of carbonyl (C=O) groups is 1. The second kappa shape index (κ2) is 10.7. The van der Waals surface area contributed by atoms with Gasteiger partial charge in [0.05, 0.1) is 13.7 Å². The highest BCUT2D eigenvalue weighted by molar-refractivity contribution is 5.76. The molecule has 0 aliphatic carbocycles. The lowest BCUT2D eigenvalue weighted by molar-refractivity contribution is -0.136. The monoisotopic (exact) mass is 405 g/mol. The summed E-state index contributed by atoms with van der Waals surface area (Å²) in [5.41, 5.74) is 1.95. The number of carbonyl (C=O) groups excluding carboxylic acids is 1. The Morgan fingerprint density at radius 3 is 2.33 bits per heavy atom. The molecule has 0 radical (unpaired) electrons. The molecule has 0 aliphatic heterocycles. The van der Waals surface area contributed by atoms with Gasteiger partial charge in [-0.1, -0.05) is 30.4 Å². The molecule has 6 heteroatoms. The lowest BCUT2D eigenvalue weighted by atomic mass is 10.1. The van der Waals surface area contributed by atoms with Crippen molar-refractivity contribution in [2.24, 2.45) is 0 Å². The smallest absolute Gasteiger partial charge is 0.349 e. The number of hydrogen-bond acceptors (Lipinski definition) is 6. The van der Waals surface area contributed by atoms with Crippen LogP contribution < -0.4 is 18.9 Å². The summed E-state index contributed by atoms with van der Waals surface area (Å²) in [5, 5.41) is 0. The minimum Gasteiger partial charge on any atom is -0.493 e. The van der Waals surface area contributed by atoms with Gasteiger partial charge >= 0.3 is 5.97 Å². The van der Waals surface area contributed by atoms with Gasteiger partial charge in [0.25, 0.3) is 0 Å². The van der Waals surface area contributed by atoms with Crippen molar-refractivity contribution in [3.8, 4) is 23.0 Å². The average Bonchev–Trinajstić information content (AvgIpc) is 2.79. The van der Waals surface area contributed by atoms with Crippen molar-refractivity contribution < 1.29 is 23.7 Å². The van der Waals surface area contributed by atoms with Crippen LogP contribution in [0.2, 0.25) is 0 Å². The quantitative estimate of drug-likeness (QED) is 0.382. The fourth-order valence-electron chi connectivity index (χ4n) is 2.67. The maximum Gasteiger partial charge on any atom is 0.349 e. The lowest BCUT2D eigenvalue weighted by Crippen LogP contribution is -2.18. The second-order valence-corrected chi connectivity index (χ2v) is 6.17. The van der Waals surface area contributed by atoms with Gasteiger partial charge in [0, 0.05) is 12.4 Å². The van der Waals surface area contributed by atoms with Crippen molar-refractivity contribution in [2.45, 2.75) is 6.92 Å². The summed E-state index contributed by atoms with van der Waals surface area (Å²) in [6, 6.07) is 16.3.